The molecule has 4 amide bonds. The third kappa shape index (κ3) is 6.34. The predicted octanol–water partition coefficient (Wildman–Crippen LogP) is 3.84. The van der Waals surface area contributed by atoms with E-state index in [1.54, 1.807) is 43.3 Å². The van der Waals surface area contributed by atoms with E-state index in [4.69, 9.17) is 4.74 Å². The first-order valence-corrected chi connectivity index (χ1v) is 13.3. The second-order valence-corrected chi connectivity index (χ2v) is 11.4. The van der Waals surface area contributed by atoms with Gasteiger partial charge in [0.2, 0.25) is 15.9 Å². The summed E-state index contributed by atoms with van der Waals surface area (Å²) < 4.78 is 32.1. The number of nitrogens with zero attached hydrogens (tertiary/aromatic N) is 1. The van der Waals surface area contributed by atoms with Gasteiger partial charge in [-0.25, -0.2) is 13.2 Å². The SMILES string of the molecule is CCCS(=O)(=O)Nc1ccc(NC(=O)c2cc(N3CCC(=O)NC3=O)cc(C(C)(C)C)c2OC)cc1. The molecular weight excluding hydrogens is 484 g/mol. The molecule has 0 unspecified atom stereocenters. The number of methoxy groups -OCH3 is 1. The van der Waals surface area contributed by atoms with E-state index in [0.717, 1.165) is 5.56 Å². The second kappa shape index (κ2) is 10.6. The van der Waals surface area contributed by atoms with Crippen molar-refractivity contribution in [3.8, 4) is 5.75 Å². The molecule has 1 aliphatic rings. The van der Waals surface area contributed by atoms with Gasteiger partial charge in [0.1, 0.15) is 5.75 Å². The quantitative estimate of drug-likeness (QED) is 0.488. The van der Waals surface area contributed by atoms with E-state index in [9.17, 15) is 22.8 Å². The molecule has 1 heterocycles. The molecule has 36 heavy (non-hydrogen) atoms. The van der Waals surface area contributed by atoms with Crippen LogP contribution in [0.3, 0.4) is 0 Å². The van der Waals surface area contributed by atoms with Crippen LogP contribution in [0.25, 0.3) is 0 Å². The van der Waals surface area contributed by atoms with E-state index >= 15 is 0 Å². The fraction of sp³-hybridized carbons (Fsp3) is 0.400. The van der Waals surface area contributed by atoms with Gasteiger partial charge in [0.25, 0.3) is 5.91 Å². The zero-order chi connectivity index (χ0) is 26.7. The number of benzene rings is 2. The molecule has 1 fully saturated rings. The molecular formula is C25H32N4O6S. The molecule has 0 saturated carbocycles. The lowest BCUT2D eigenvalue weighted by Crippen LogP contribution is -2.49. The van der Waals surface area contributed by atoms with Crippen molar-refractivity contribution < 1.29 is 27.5 Å². The summed E-state index contributed by atoms with van der Waals surface area (Å²) in [6.45, 7) is 7.87. The van der Waals surface area contributed by atoms with Crippen LogP contribution in [0.1, 0.15) is 56.5 Å². The van der Waals surface area contributed by atoms with Gasteiger partial charge in [0.05, 0.1) is 18.4 Å². The van der Waals surface area contributed by atoms with Crippen molar-refractivity contribution in [2.24, 2.45) is 0 Å². The normalized spacial score (nSPS) is 14.3. The maximum Gasteiger partial charge on any atom is 0.328 e. The summed E-state index contributed by atoms with van der Waals surface area (Å²) in [5.74, 6) is -0.423. The topological polar surface area (TPSA) is 134 Å². The summed E-state index contributed by atoms with van der Waals surface area (Å²) in [5, 5.41) is 5.11. The fourth-order valence-corrected chi connectivity index (χ4v) is 4.98. The average Bonchev–Trinajstić information content (AvgIpc) is 2.78. The number of anilines is 3. The number of imide groups is 1. The van der Waals surface area contributed by atoms with Crippen molar-refractivity contribution in [1.29, 1.82) is 0 Å². The molecule has 194 valence electrons. The minimum atomic E-state index is -3.43. The van der Waals surface area contributed by atoms with E-state index in [2.05, 4.69) is 15.4 Å². The van der Waals surface area contributed by atoms with Gasteiger partial charge in [-0.1, -0.05) is 27.7 Å². The van der Waals surface area contributed by atoms with Gasteiger partial charge in [-0.05, 0) is 48.2 Å². The largest absolute Gasteiger partial charge is 0.496 e. The zero-order valence-corrected chi connectivity index (χ0v) is 21.9. The number of hydrogen-bond donors (Lipinski definition) is 3. The van der Waals surface area contributed by atoms with Crippen LogP contribution < -0.4 is 25.0 Å². The smallest absolute Gasteiger partial charge is 0.328 e. The monoisotopic (exact) mass is 516 g/mol. The van der Waals surface area contributed by atoms with Crippen molar-refractivity contribution in [3.05, 3.63) is 47.5 Å². The Morgan fingerprint density at radius 2 is 1.75 bits per heavy atom. The molecule has 2 aromatic rings. The van der Waals surface area contributed by atoms with Crippen LogP contribution >= 0.6 is 0 Å². The number of carbonyl (C=O) groups excluding carboxylic acids is 3. The van der Waals surface area contributed by atoms with Gasteiger partial charge in [-0.3, -0.25) is 24.5 Å². The van der Waals surface area contributed by atoms with Crippen molar-refractivity contribution in [2.45, 2.75) is 46.0 Å². The Bertz CT molecular complexity index is 1270. The van der Waals surface area contributed by atoms with E-state index < -0.39 is 27.4 Å². The summed E-state index contributed by atoms with van der Waals surface area (Å²) in [7, 11) is -1.95. The summed E-state index contributed by atoms with van der Waals surface area (Å²) >= 11 is 0. The van der Waals surface area contributed by atoms with Gasteiger partial charge in [-0.2, -0.15) is 0 Å². The predicted molar refractivity (Wildman–Crippen MR) is 139 cm³/mol. The van der Waals surface area contributed by atoms with E-state index in [0.29, 0.717) is 29.2 Å². The number of amides is 4. The van der Waals surface area contributed by atoms with Crippen LogP contribution in [0.2, 0.25) is 0 Å². The Morgan fingerprint density at radius 3 is 2.31 bits per heavy atom. The van der Waals surface area contributed by atoms with Crippen LogP contribution in [0, 0.1) is 0 Å². The van der Waals surface area contributed by atoms with Crippen LogP contribution in [0.15, 0.2) is 36.4 Å². The lowest BCUT2D eigenvalue weighted by molar-refractivity contribution is -0.120. The van der Waals surface area contributed by atoms with Crippen molar-refractivity contribution >= 4 is 44.9 Å². The highest BCUT2D eigenvalue weighted by Gasteiger charge is 2.30. The molecule has 3 rings (SSSR count). The first kappa shape index (κ1) is 27.0. The Labute approximate surface area is 211 Å². The highest BCUT2D eigenvalue weighted by atomic mass is 32.2. The Kier molecular flexibility index (Phi) is 7.92. The third-order valence-corrected chi connectivity index (χ3v) is 7.08. The fourth-order valence-electron chi connectivity index (χ4n) is 3.84. The third-order valence-electron chi connectivity index (χ3n) is 5.59. The number of urea groups is 1. The highest BCUT2D eigenvalue weighted by Crippen LogP contribution is 2.38. The molecule has 0 aromatic heterocycles. The number of ether oxygens (including phenoxy) is 1. The first-order valence-electron chi connectivity index (χ1n) is 11.6. The number of nitrogens with one attached hydrogen (secondary N) is 3. The van der Waals surface area contributed by atoms with Crippen LogP contribution in [-0.4, -0.2) is 45.7 Å². The van der Waals surface area contributed by atoms with Gasteiger partial charge in [-0.15, -0.1) is 0 Å². The van der Waals surface area contributed by atoms with Crippen LogP contribution in [-0.2, 0) is 20.2 Å². The number of sulfonamides is 1. The van der Waals surface area contributed by atoms with Crippen LogP contribution in [0.4, 0.5) is 21.9 Å². The molecule has 1 saturated heterocycles. The lowest BCUT2D eigenvalue weighted by atomic mass is 9.84. The molecule has 0 radical (unpaired) electrons. The number of hydrogen-bond acceptors (Lipinski definition) is 6. The second-order valence-electron chi connectivity index (χ2n) is 9.53. The van der Waals surface area contributed by atoms with E-state index in [-0.39, 0.29) is 30.2 Å². The van der Waals surface area contributed by atoms with Gasteiger partial charge < -0.3 is 10.1 Å². The standard InChI is InChI=1S/C25H32N4O6S/c1-6-13-36(33,34)28-17-9-7-16(8-10-17)26-23(31)19-14-18(29-12-11-21(30)27-24(29)32)15-20(22(19)35-5)25(2,3)4/h7-10,14-15,28H,6,11-13H2,1-5H3,(H,26,31)(H,27,30,32). The number of rotatable bonds is 8. The molecule has 10 nitrogen and oxygen atoms in total. The maximum atomic E-state index is 13.4. The summed E-state index contributed by atoms with van der Waals surface area (Å²) in [6.07, 6.45) is 0.648. The zero-order valence-electron chi connectivity index (χ0n) is 21.1. The summed E-state index contributed by atoms with van der Waals surface area (Å²) in [5.41, 5.74) is 1.83. The molecule has 0 bridgehead atoms. The minimum absolute atomic E-state index is 0.0148. The van der Waals surface area contributed by atoms with Crippen molar-refractivity contribution in [1.82, 2.24) is 5.32 Å². The first-order chi connectivity index (χ1) is 16.8. The molecule has 11 heteroatoms. The van der Waals surface area contributed by atoms with Crippen molar-refractivity contribution in [2.75, 3.05) is 34.3 Å². The molecule has 3 N–H and O–H groups in total. The molecule has 0 aliphatic carbocycles. The summed E-state index contributed by atoms with van der Waals surface area (Å²) in [6, 6.07) is 9.11. The van der Waals surface area contributed by atoms with Gasteiger partial charge in [0, 0.05) is 35.6 Å². The molecule has 0 atom stereocenters. The highest BCUT2D eigenvalue weighted by molar-refractivity contribution is 7.92. The Morgan fingerprint density at radius 1 is 1.11 bits per heavy atom. The lowest BCUT2D eigenvalue weighted by Gasteiger charge is -2.30. The van der Waals surface area contributed by atoms with Crippen molar-refractivity contribution in [3.63, 3.8) is 0 Å². The van der Waals surface area contributed by atoms with E-state index in [1.165, 1.54) is 12.0 Å². The summed E-state index contributed by atoms with van der Waals surface area (Å²) in [4.78, 5) is 38.9. The van der Waals surface area contributed by atoms with Crippen LogP contribution in [0.5, 0.6) is 5.75 Å². The molecule has 1 aliphatic heterocycles. The molecule has 0 spiro atoms. The van der Waals surface area contributed by atoms with E-state index in [1.807, 2.05) is 20.8 Å². The minimum Gasteiger partial charge on any atom is -0.496 e. The molecule has 2 aromatic carbocycles. The Hall–Kier alpha value is -3.60. The Balaban J connectivity index is 1.94. The maximum absolute atomic E-state index is 13.4. The van der Waals surface area contributed by atoms with Gasteiger partial charge >= 0.3 is 6.03 Å². The number of carbonyl (C=O) groups is 3. The van der Waals surface area contributed by atoms with Gasteiger partial charge in [0.15, 0.2) is 0 Å². The average molecular weight is 517 g/mol.